The van der Waals surface area contributed by atoms with Crippen LogP contribution in [0.15, 0.2) is 24.4 Å². The molecule has 3 rings (SSSR count). The summed E-state index contributed by atoms with van der Waals surface area (Å²) in [5.41, 5.74) is 1.56. The van der Waals surface area contributed by atoms with Crippen LogP contribution in [0.25, 0.3) is 11.1 Å². The standard InChI is InChI=1S/C16H14FN3O3/c1-8-6-11-13(15(17)19-8)10-4-3-5-18-14(10)9(2)16(23)20(11)7-12(21)22/h3-6,9H,7H2,1-2H3,(H,21,22). The number of rotatable bonds is 2. The molecule has 1 N–H and O–H groups in total. The maximum atomic E-state index is 14.5. The van der Waals surface area contributed by atoms with E-state index in [4.69, 9.17) is 5.11 Å². The highest BCUT2D eigenvalue weighted by molar-refractivity contribution is 6.06. The lowest BCUT2D eigenvalue weighted by atomic mass is 9.98. The lowest BCUT2D eigenvalue weighted by Crippen LogP contribution is -2.38. The van der Waals surface area contributed by atoms with Crippen LogP contribution >= 0.6 is 0 Å². The molecule has 0 fully saturated rings. The molecule has 2 aromatic rings. The van der Waals surface area contributed by atoms with Gasteiger partial charge in [-0.1, -0.05) is 6.07 Å². The number of pyridine rings is 2. The number of carbonyl (C=O) groups excluding carboxylic acids is 1. The average molecular weight is 315 g/mol. The number of carboxylic acids is 1. The molecule has 0 bridgehead atoms. The van der Waals surface area contributed by atoms with Gasteiger partial charge >= 0.3 is 5.97 Å². The second-order valence-corrected chi connectivity index (χ2v) is 5.42. The van der Waals surface area contributed by atoms with E-state index in [0.717, 1.165) is 4.90 Å². The molecule has 0 saturated heterocycles. The summed E-state index contributed by atoms with van der Waals surface area (Å²) in [6.07, 6.45) is 1.52. The Hall–Kier alpha value is -2.83. The molecule has 0 spiro atoms. The second kappa shape index (κ2) is 5.42. The van der Waals surface area contributed by atoms with Crippen LogP contribution in [0.1, 0.15) is 24.2 Å². The van der Waals surface area contributed by atoms with E-state index >= 15 is 0 Å². The number of aromatic nitrogens is 2. The summed E-state index contributed by atoms with van der Waals surface area (Å²) in [6, 6.07) is 4.83. The Kier molecular flexibility index (Phi) is 3.55. The van der Waals surface area contributed by atoms with E-state index in [0.29, 0.717) is 17.0 Å². The highest BCUT2D eigenvalue weighted by Crippen LogP contribution is 2.41. The van der Waals surface area contributed by atoms with Crippen molar-refractivity contribution in [3.05, 3.63) is 41.7 Å². The summed E-state index contributed by atoms with van der Waals surface area (Å²) in [5, 5.41) is 9.12. The fourth-order valence-corrected chi connectivity index (χ4v) is 2.82. The van der Waals surface area contributed by atoms with Crippen LogP contribution < -0.4 is 4.90 Å². The van der Waals surface area contributed by atoms with Gasteiger partial charge in [-0.25, -0.2) is 4.98 Å². The van der Waals surface area contributed by atoms with E-state index in [-0.39, 0.29) is 11.3 Å². The number of anilines is 1. The van der Waals surface area contributed by atoms with Gasteiger partial charge in [-0.05, 0) is 26.0 Å². The number of aryl methyl sites for hydroxylation is 1. The summed E-state index contributed by atoms with van der Waals surface area (Å²) in [6.45, 7) is 2.67. The molecule has 6 nitrogen and oxygen atoms in total. The van der Waals surface area contributed by atoms with Crippen LogP contribution in [0.4, 0.5) is 10.1 Å². The molecule has 3 heterocycles. The SMILES string of the molecule is Cc1cc2c(c(F)n1)-c1cccnc1C(C)C(=O)N2CC(=O)O. The van der Waals surface area contributed by atoms with Gasteiger partial charge in [-0.15, -0.1) is 0 Å². The van der Waals surface area contributed by atoms with Gasteiger partial charge in [-0.2, -0.15) is 4.39 Å². The molecule has 2 aromatic heterocycles. The summed E-state index contributed by atoms with van der Waals surface area (Å²) < 4.78 is 14.5. The molecule has 1 aliphatic heterocycles. The smallest absolute Gasteiger partial charge is 0.323 e. The van der Waals surface area contributed by atoms with Crippen LogP contribution in [0.3, 0.4) is 0 Å². The van der Waals surface area contributed by atoms with Crippen LogP contribution in [0.5, 0.6) is 0 Å². The number of hydrogen-bond donors (Lipinski definition) is 1. The first kappa shape index (κ1) is 15.1. The fraction of sp³-hybridized carbons (Fsp3) is 0.250. The van der Waals surface area contributed by atoms with Crippen molar-refractivity contribution in [2.75, 3.05) is 11.4 Å². The lowest BCUT2D eigenvalue weighted by molar-refractivity contribution is -0.136. The normalized spacial score (nSPS) is 16.6. The fourth-order valence-electron chi connectivity index (χ4n) is 2.82. The third-order valence-electron chi connectivity index (χ3n) is 3.82. The van der Waals surface area contributed by atoms with Crippen LogP contribution in [-0.4, -0.2) is 33.5 Å². The first-order chi connectivity index (χ1) is 10.9. The van der Waals surface area contributed by atoms with E-state index in [1.807, 2.05) is 0 Å². The molecule has 0 saturated carbocycles. The predicted octanol–water partition coefficient (Wildman–Crippen LogP) is 2.13. The number of carboxylic acid groups (broad SMARTS) is 1. The molecule has 1 amide bonds. The number of nitrogens with zero attached hydrogens (tertiary/aromatic N) is 3. The summed E-state index contributed by atoms with van der Waals surface area (Å²) in [5.74, 6) is -3.04. The minimum atomic E-state index is -1.18. The van der Waals surface area contributed by atoms with E-state index in [1.54, 1.807) is 26.0 Å². The van der Waals surface area contributed by atoms with Crippen molar-refractivity contribution < 1.29 is 19.1 Å². The van der Waals surface area contributed by atoms with Crippen LogP contribution in [0.2, 0.25) is 0 Å². The van der Waals surface area contributed by atoms with Gasteiger partial charge < -0.3 is 5.11 Å². The van der Waals surface area contributed by atoms with E-state index in [9.17, 15) is 14.0 Å². The van der Waals surface area contributed by atoms with E-state index in [2.05, 4.69) is 9.97 Å². The zero-order valence-electron chi connectivity index (χ0n) is 12.6. The van der Waals surface area contributed by atoms with Crippen molar-refractivity contribution >= 4 is 17.6 Å². The van der Waals surface area contributed by atoms with Gasteiger partial charge in [0.25, 0.3) is 0 Å². The number of hydrogen-bond acceptors (Lipinski definition) is 4. The lowest BCUT2D eigenvalue weighted by Gasteiger charge is -2.23. The van der Waals surface area contributed by atoms with Gasteiger partial charge in [0.15, 0.2) is 0 Å². The molecular weight excluding hydrogens is 301 g/mol. The Morgan fingerprint density at radius 1 is 1.48 bits per heavy atom. The van der Waals surface area contributed by atoms with Crippen molar-refractivity contribution in [1.82, 2.24) is 9.97 Å². The Labute approximate surface area is 131 Å². The quantitative estimate of drug-likeness (QED) is 0.858. The maximum Gasteiger partial charge on any atom is 0.323 e. The van der Waals surface area contributed by atoms with Crippen LogP contribution in [-0.2, 0) is 9.59 Å². The number of amides is 1. The topological polar surface area (TPSA) is 83.4 Å². The number of carbonyl (C=O) groups is 2. The van der Waals surface area contributed by atoms with Gasteiger partial charge in [0.1, 0.15) is 6.54 Å². The molecule has 1 unspecified atom stereocenters. The van der Waals surface area contributed by atoms with Crippen molar-refractivity contribution in [1.29, 1.82) is 0 Å². The van der Waals surface area contributed by atoms with E-state index in [1.165, 1.54) is 12.3 Å². The predicted molar refractivity (Wildman–Crippen MR) is 80.6 cm³/mol. The highest BCUT2D eigenvalue weighted by Gasteiger charge is 2.35. The van der Waals surface area contributed by atoms with Crippen molar-refractivity contribution in [2.24, 2.45) is 0 Å². The van der Waals surface area contributed by atoms with Gasteiger partial charge in [0.2, 0.25) is 11.9 Å². The van der Waals surface area contributed by atoms with Gasteiger partial charge in [0, 0.05) is 17.5 Å². The Morgan fingerprint density at radius 2 is 2.22 bits per heavy atom. The second-order valence-electron chi connectivity index (χ2n) is 5.42. The number of fused-ring (bicyclic) bond motifs is 3. The first-order valence-corrected chi connectivity index (χ1v) is 7.05. The average Bonchev–Trinajstić information content (AvgIpc) is 2.57. The third kappa shape index (κ3) is 2.44. The number of halogens is 1. The molecule has 1 atom stereocenters. The molecule has 1 aliphatic rings. The Bertz CT molecular complexity index is 822. The summed E-state index contributed by atoms with van der Waals surface area (Å²) in [4.78, 5) is 33.0. The third-order valence-corrected chi connectivity index (χ3v) is 3.82. The van der Waals surface area contributed by atoms with Crippen molar-refractivity contribution in [3.8, 4) is 11.1 Å². The van der Waals surface area contributed by atoms with Crippen molar-refractivity contribution in [3.63, 3.8) is 0 Å². The molecular formula is C16H14FN3O3. The molecule has 0 aliphatic carbocycles. The highest BCUT2D eigenvalue weighted by atomic mass is 19.1. The van der Waals surface area contributed by atoms with Crippen molar-refractivity contribution in [2.45, 2.75) is 19.8 Å². The Balaban J connectivity index is 2.36. The zero-order valence-corrected chi connectivity index (χ0v) is 12.6. The molecule has 23 heavy (non-hydrogen) atoms. The minimum Gasteiger partial charge on any atom is -0.480 e. The maximum absolute atomic E-state index is 14.5. The summed E-state index contributed by atoms with van der Waals surface area (Å²) >= 11 is 0. The molecule has 0 radical (unpaired) electrons. The van der Waals surface area contributed by atoms with Gasteiger partial charge in [-0.3, -0.25) is 19.5 Å². The monoisotopic (exact) mass is 315 g/mol. The molecule has 118 valence electrons. The van der Waals surface area contributed by atoms with E-state index < -0.39 is 30.3 Å². The first-order valence-electron chi connectivity index (χ1n) is 7.05. The molecule has 7 heteroatoms. The van der Waals surface area contributed by atoms with Crippen LogP contribution in [0, 0.1) is 12.9 Å². The minimum absolute atomic E-state index is 0.109. The Morgan fingerprint density at radius 3 is 2.91 bits per heavy atom. The molecule has 0 aromatic carbocycles. The van der Waals surface area contributed by atoms with Gasteiger partial charge in [0.05, 0.1) is 22.9 Å². The largest absolute Gasteiger partial charge is 0.480 e. The number of aliphatic carboxylic acids is 1. The summed E-state index contributed by atoms with van der Waals surface area (Å²) in [7, 11) is 0. The zero-order chi connectivity index (χ0) is 16.7.